The van der Waals surface area contributed by atoms with E-state index in [1.54, 1.807) is 6.07 Å². The summed E-state index contributed by atoms with van der Waals surface area (Å²) in [5.74, 6) is 0.0333. The van der Waals surface area contributed by atoms with Crippen molar-refractivity contribution in [2.45, 2.75) is 12.3 Å². The third-order valence-electron chi connectivity index (χ3n) is 2.84. The summed E-state index contributed by atoms with van der Waals surface area (Å²) in [4.78, 5) is 0. The normalized spacial score (nSPS) is 11.8. The summed E-state index contributed by atoms with van der Waals surface area (Å²) in [6, 6.07) is 17.7. The summed E-state index contributed by atoms with van der Waals surface area (Å²) >= 11 is 11.9. The molecule has 2 aromatic rings. The van der Waals surface area contributed by atoms with Crippen LogP contribution in [0.5, 0.6) is 0 Å². The molecular formula is C15H11Cl2N. The van der Waals surface area contributed by atoms with Crippen molar-refractivity contribution in [2.24, 2.45) is 0 Å². The first-order valence-corrected chi connectivity index (χ1v) is 6.35. The fraction of sp³-hybridized carbons (Fsp3) is 0.133. The maximum Gasteiger partial charge on any atom is 0.0631 e. The highest BCUT2D eigenvalue weighted by Crippen LogP contribution is 2.32. The van der Waals surface area contributed by atoms with Crippen LogP contribution in [0.3, 0.4) is 0 Å². The van der Waals surface area contributed by atoms with E-state index in [1.807, 2.05) is 42.5 Å². The minimum atomic E-state index is 0.0333. The van der Waals surface area contributed by atoms with E-state index in [-0.39, 0.29) is 5.92 Å². The molecule has 0 aliphatic rings. The fourth-order valence-electron chi connectivity index (χ4n) is 1.93. The zero-order valence-electron chi connectivity index (χ0n) is 9.61. The fourth-order valence-corrected chi connectivity index (χ4v) is 2.24. The largest absolute Gasteiger partial charge is 0.198 e. The van der Waals surface area contributed by atoms with Crippen LogP contribution in [-0.2, 0) is 0 Å². The quantitative estimate of drug-likeness (QED) is 0.770. The molecule has 0 spiro atoms. The van der Waals surface area contributed by atoms with E-state index in [4.69, 9.17) is 28.5 Å². The SMILES string of the molecule is N#CC[C@H](c1ccccc1)c1ccc(Cl)c(Cl)c1. The number of rotatable bonds is 3. The highest BCUT2D eigenvalue weighted by molar-refractivity contribution is 6.42. The van der Waals surface area contributed by atoms with Gasteiger partial charge in [-0.15, -0.1) is 0 Å². The third-order valence-corrected chi connectivity index (χ3v) is 3.58. The molecule has 0 fully saturated rings. The molecule has 2 rings (SSSR count). The van der Waals surface area contributed by atoms with Gasteiger partial charge >= 0.3 is 0 Å². The number of nitriles is 1. The van der Waals surface area contributed by atoms with E-state index < -0.39 is 0 Å². The molecule has 1 nitrogen and oxygen atoms in total. The number of nitrogens with zero attached hydrogens (tertiary/aromatic N) is 1. The summed E-state index contributed by atoms with van der Waals surface area (Å²) in [5, 5.41) is 10.0. The summed E-state index contributed by atoms with van der Waals surface area (Å²) in [6.07, 6.45) is 0.419. The lowest BCUT2D eigenvalue weighted by Gasteiger charge is -2.15. The van der Waals surface area contributed by atoms with Gasteiger partial charge < -0.3 is 0 Å². The van der Waals surface area contributed by atoms with E-state index in [0.29, 0.717) is 16.5 Å². The Balaban J connectivity index is 2.42. The Kier molecular flexibility index (Phi) is 4.25. The molecule has 0 saturated heterocycles. The topological polar surface area (TPSA) is 23.8 Å². The second-order valence-electron chi connectivity index (χ2n) is 4.00. The van der Waals surface area contributed by atoms with Crippen LogP contribution in [0.25, 0.3) is 0 Å². The van der Waals surface area contributed by atoms with Crippen LogP contribution in [-0.4, -0.2) is 0 Å². The molecule has 0 aliphatic carbocycles. The number of hydrogen-bond donors (Lipinski definition) is 0. The first-order chi connectivity index (χ1) is 8.72. The van der Waals surface area contributed by atoms with Gasteiger partial charge in [0.2, 0.25) is 0 Å². The number of halogens is 2. The van der Waals surface area contributed by atoms with Crippen molar-refractivity contribution in [3.63, 3.8) is 0 Å². The van der Waals surface area contributed by atoms with Gasteiger partial charge in [-0.3, -0.25) is 0 Å². The maximum atomic E-state index is 8.97. The molecule has 0 heterocycles. The van der Waals surface area contributed by atoms with Gasteiger partial charge in [0.25, 0.3) is 0 Å². The van der Waals surface area contributed by atoms with Crippen molar-refractivity contribution in [1.82, 2.24) is 0 Å². The minimum Gasteiger partial charge on any atom is -0.198 e. The minimum absolute atomic E-state index is 0.0333. The Morgan fingerprint density at radius 3 is 2.28 bits per heavy atom. The van der Waals surface area contributed by atoms with Gasteiger partial charge in [-0.1, -0.05) is 59.6 Å². The predicted molar refractivity (Wildman–Crippen MR) is 75.0 cm³/mol. The Hall–Kier alpha value is -1.49. The van der Waals surface area contributed by atoms with Crippen LogP contribution >= 0.6 is 23.2 Å². The molecule has 2 aromatic carbocycles. The summed E-state index contributed by atoms with van der Waals surface area (Å²) in [7, 11) is 0. The molecular weight excluding hydrogens is 265 g/mol. The van der Waals surface area contributed by atoms with Crippen LogP contribution in [0, 0.1) is 11.3 Å². The van der Waals surface area contributed by atoms with Crippen LogP contribution in [0.1, 0.15) is 23.5 Å². The van der Waals surface area contributed by atoms with E-state index in [1.165, 1.54) is 0 Å². The van der Waals surface area contributed by atoms with Crippen LogP contribution in [0.4, 0.5) is 0 Å². The van der Waals surface area contributed by atoms with E-state index in [9.17, 15) is 0 Å². The zero-order valence-corrected chi connectivity index (χ0v) is 11.1. The molecule has 0 amide bonds. The van der Waals surface area contributed by atoms with Crippen molar-refractivity contribution in [3.05, 3.63) is 69.7 Å². The molecule has 0 radical (unpaired) electrons. The van der Waals surface area contributed by atoms with Crippen molar-refractivity contribution in [1.29, 1.82) is 5.26 Å². The molecule has 3 heteroatoms. The molecule has 0 N–H and O–H groups in total. The molecule has 18 heavy (non-hydrogen) atoms. The second-order valence-corrected chi connectivity index (χ2v) is 4.81. The Morgan fingerprint density at radius 2 is 1.67 bits per heavy atom. The van der Waals surface area contributed by atoms with E-state index >= 15 is 0 Å². The average molecular weight is 276 g/mol. The van der Waals surface area contributed by atoms with Gasteiger partial charge in [-0.25, -0.2) is 0 Å². The van der Waals surface area contributed by atoms with Crippen molar-refractivity contribution >= 4 is 23.2 Å². The lowest BCUT2D eigenvalue weighted by molar-refractivity contribution is 0.838. The first kappa shape index (κ1) is 13.0. The predicted octanol–water partition coefficient (Wildman–Crippen LogP) is 5.04. The lowest BCUT2D eigenvalue weighted by atomic mass is 9.89. The lowest BCUT2D eigenvalue weighted by Crippen LogP contribution is -2.00. The second kappa shape index (κ2) is 5.91. The highest BCUT2D eigenvalue weighted by Gasteiger charge is 2.14. The zero-order chi connectivity index (χ0) is 13.0. The molecule has 0 saturated carbocycles. The van der Waals surface area contributed by atoms with Crippen molar-refractivity contribution in [2.75, 3.05) is 0 Å². The third kappa shape index (κ3) is 2.85. The Labute approximate surface area is 117 Å². The molecule has 0 bridgehead atoms. The standard InChI is InChI=1S/C15H11Cl2N/c16-14-7-6-12(10-15(14)17)13(8-9-18)11-4-2-1-3-5-11/h1-7,10,13H,8H2/t13-/m1/s1. The van der Waals surface area contributed by atoms with E-state index in [0.717, 1.165) is 11.1 Å². The molecule has 0 aromatic heterocycles. The maximum absolute atomic E-state index is 8.97. The number of benzene rings is 2. The van der Waals surface area contributed by atoms with Crippen LogP contribution in [0.15, 0.2) is 48.5 Å². The van der Waals surface area contributed by atoms with Gasteiger partial charge in [-0.2, -0.15) is 5.26 Å². The van der Waals surface area contributed by atoms with Gasteiger partial charge in [0.1, 0.15) is 0 Å². The monoisotopic (exact) mass is 275 g/mol. The molecule has 1 atom stereocenters. The Morgan fingerprint density at radius 1 is 0.944 bits per heavy atom. The Bertz CT molecular complexity index is 573. The molecule has 0 unspecified atom stereocenters. The van der Waals surface area contributed by atoms with Gasteiger partial charge in [0.05, 0.1) is 16.1 Å². The summed E-state index contributed by atoms with van der Waals surface area (Å²) in [5.41, 5.74) is 2.12. The van der Waals surface area contributed by atoms with Gasteiger partial charge in [0, 0.05) is 12.3 Å². The average Bonchev–Trinajstić information content (AvgIpc) is 2.40. The van der Waals surface area contributed by atoms with E-state index in [2.05, 4.69) is 6.07 Å². The van der Waals surface area contributed by atoms with Crippen LogP contribution < -0.4 is 0 Å². The summed E-state index contributed by atoms with van der Waals surface area (Å²) in [6.45, 7) is 0. The number of hydrogen-bond acceptors (Lipinski definition) is 1. The van der Waals surface area contributed by atoms with Crippen molar-refractivity contribution < 1.29 is 0 Å². The smallest absolute Gasteiger partial charge is 0.0631 e. The molecule has 90 valence electrons. The first-order valence-electron chi connectivity index (χ1n) is 5.59. The van der Waals surface area contributed by atoms with Gasteiger partial charge in [0.15, 0.2) is 0 Å². The van der Waals surface area contributed by atoms with Gasteiger partial charge in [-0.05, 0) is 23.3 Å². The highest BCUT2D eigenvalue weighted by atomic mass is 35.5. The molecule has 0 aliphatic heterocycles. The van der Waals surface area contributed by atoms with Crippen LogP contribution in [0.2, 0.25) is 10.0 Å². The summed E-state index contributed by atoms with van der Waals surface area (Å²) < 4.78 is 0. The van der Waals surface area contributed by atoms with Crippen molar-refractivity contribution in [3.8, 4) is 6.07 Å².